The van der Waals surface area contributed by atoms with Gasteiger partial charge in [-0.15, -0.1) is 0 Å². The molecule has 0 bridgehead atoms. The van der Waals surface area contributed by atoms with E-state index in [4.69, 9.17) is 9.15 Å². The van der Waals surface area contributed by atoms with Gasteiger partial charge in [-0.05, 0) is 32.8 Å². The van der Waals surface area contributed by atoms with E-state index in [1.807, 2.05) is 25.1 Å². The van der Waals surface area contributed by atoms with Gasteiger partial charge in [0.25, 0.3) is 5.91 Å². The highest BCUT2D eigenvalue weighted by Gasteiger charge is 2.30. The standard InChI is InChI=1S/C18H23NO4/c1-11-14-7-4-8-15(22-3)17(14)23-16(11)18(21)19-9-5-6-13(10-19)12(2)20/h4,7-8,12-13,20H,5-6,9-10H2,1-3H3. The summed E-state index contributed by atoms with van der Waals surface area (Å²) in [7, 11) is 1.59. The van der Waals surface area contributed by atoms with Crippen LogP contribution in [0.4, 0.5) is 0 Å². The Hall–Kier alpha value is -2.01. The molecule has 2 atom stereocenters. The molecule has 5 nitrogen and oxygen atoms in total. The van der Waals surface area contributed by atoms with Crippen LogP contribution in [-0.2, 0) is 0 Å². The van der Waals surface area contributed by atoms with Crippen LogP contribution in [0.25, 0.3) is 11.0 Å². The number of ether oxygens (including phenoxy) is 1. The molecule has 0 aliphatic carbocycles. The number of benzene rings is 1. The van der Waals surface area contributed by atoms with Crippen LogP contribution in [0.2, 0.25) is 0 Å². The highest BCUT2D eigenvalue weighted by atomic mass is 16.5. The first-order chi connectivity index (χ1) is 11.0. The second-order valence-corrected chi connectivity index (χ2v) is 6.29. The third kappa shape index (κ3) is 2.81. The molecular weight excluding hydrogens is 294 g/mol. The Labute approximate surface area is 135 Å². The number of piperidine rings is 1. The zero-order valence-electron chi connectivity index (χ0n) is 13.8. The number of fused-ring (bicyclic) bond motifs is 1. The number of nitrogens with zero attached hydrogens (tertiary/aromatic N) is 1. The Morgan fingerprint density at radius 2 is 2.26 bits per heavy atom. The van der Waals surface area contributed by atoms with Crippen LogP contribution in [0.1, 0.15) is 35.9 Å². The van der Waals surface area contributed by atoms with Gasteiger partial charge in [0.1, 0.15) is 0 Å². The van der Waals surface area contributed by atoms with Gasteiger partial charge in [-0.25, -0.2) is 0 Å². The van der Waals surface area contributed by atoms with Gasteiger partial charge in [0.2, 0.25) is 0 Å². The number of aliphatic hydroxyl groups is 1. The number of aliphatic hydroxyl groups excluding tert-OH is 1. The van der Waals surface area contributed by atoms with Crippen molar-refractivity contribution < 1.29 is 19.1 Å². The molecule has 2 unspecified atom stereocenters. The highest BCUT2D eigenvalue weighted by Crippen LogP contribution is 2.33. The Morgan fingerprint density at radius 3 is 2.96 bits per heavy atom. The minimum atomic E-state index is -0.400. The molecule has 5 heteroatoms. The monoisotopic (exact) mass is 317 g/mol. The lowest BCUT2D eigenvalue weighted by atomic mass is 9.93. The number of likely N-dealkylation sites (tertiary alicyclic amines) is 1. The highest BCUT2D eigenvalue weighted by molar-refractivity contribution is 6.00. The van der Waals surface area contributed by atoms with Gasteiger partial charge >= 0.3 is 0 Å². The fourth-order valence-electron chi connectivity index (χ4n) is 3.31. The SMILES string of the molecule is COc1cccc2c(C)c(C(=O)N3CCCC(C(C)O)C3)oc12. The molecule has 1 aliphatic heterocycles. The molecular formula is C18H23NO4. The first-order valence-corrected chi connectivity index (χ1v) is 8.06. The molecule has 1 saturated heterocycles. The van der Waals surface area contributed by atoms with Crippen molar-refractivity contribution in [1.29, 1.82) is 0 Å². The maximum atomic E-state index is 12.9. The number of rotatable bonds is 3. The van der Waals surface area contributed by atoms with E-state index >= 15 is 0 Å². The zero-order valence-corrected chi connectivity index (χ0v) is 13.8. The van der Waals surface area contributed by atoms with E-state index in [1.54, 1.807) is 18.9 Å². The smallest absolute Gasteiger partial charge is 0.289 e. The predicted octanol–water partition coefficient (Wildman–Crippen LogP) is 2.98. The average Bonchev–Trinajstić information content (AvgIpc) is 2.91. The lowest BCUT2D eigenvalue weighted by molar-refractivity contribution is 0.0444. The maximum absolute atomic E-state index is 12.9. The van der Waals surface area contributed by atoms with Crippen molar-refractivity contribution in [3.05, 3.63) is 29.5 Å². The lowest BCUT2D eigenvalue weighted by Gasteiger charge is -2.33. The zero-order chi connectivity index (χ0) is 16.6. The summed E-state index contributed by atoms with van der Waals surface area (Å²) in [4.78, 5) is 14.7. The van der Waals surface area contributed by atoms with E-state index in [1.165, 1.54) is 0 Å². The molecule has 3 rings (SSSR count). The number of para-hydroxylation sites is 1. The van der Waals surface area contributed by atoms with Crippen molar-refractivity contribution in [1.82, 2.24) is 4.90 Å². The molecule has 1 N–H and O–H groups in total. The molecule has 1 aromatic carbocycles. The first kappa shape index (κ1) is 15.9. The lowest BCUT2D eigenvalue weighted by Crippen LogP contribution is -2.43. The Morgan fingerprint density at radius 1 is 1.48 bits per heavy atom. The number of amides is 1. The maximum Gasteiger partial charge on any atom is 0.289 e. The molecule has 2 aromatic rings. The summed E-state index contributed by atoms with van der Waals surface area (Å²) in [6.07, 6.45) is 1.46. The molecule has 124 valence electrons. The van der Waals surface area contributed by atoms with Crippen LogP contribution in [-0.4, -0.2) is 42.2 Å². The molecule has 2 heterocycles. The molecule has 0 radical (unpaired) electrons. The minimum absolute atomic E-state index is 0.105. The van der Waals surface area contributed by atoms with E-state index in [-0.39, 0.29) is 11.8 Å². The van der Waals surface area contributed by atoms with Crippen molar-refractivity contribution in [2.45, 2.75) is 32.8 Å². The molecule has 0 saturated carbocycles. The van der Waals surface area contributed by atoms with Crippen LogP contribution < -0.4 is 4.74 Å². The van der Waals surface area contributed by atoms with Crippen LogP contribution in [0.5, 0.6) is 5.75 Å². The predicted molar refractivity (Wildman–Crippen MR) is 87.8 cm³/mol. The van der Waals surface area contributed by atoms with Crippen LogP contribution >= 0.6 is 0 Å². The van der Waals surface area contributed by atoms with Crippen molar-refractivity contribution in [2.24, 2.45) is 5.92 Å². The van der Waals surface area contributed by atoms with Crippen LogP contribution in [0.15, 0.2) is 22.6 Å². The van der Waals surface area contributed by atoms with Gasteiger partial charge in [0.05, 0.1) is 13.2 Å². The van der Waals surface area contributed by atoms with Gasteiger partial charge in [-0.3, -0.25) is 4.79 Å². The van der Waals surface area contributed by atoms with Gasteiger partial charge in [-0.2, -0.15) is 0 Å². The fourth-order valence-corrected chi connectivity index (χ4v) is 3.31. The molecule has 1 aromatic heterocycles. The quantitative estimate of drug-likeness (QED) is 0.945. The van der Waals surface area contributed by atoms with E-state index in [0.717, 1.165) is 23.8 Å². The average molecular weight is 317 g/mol. The van der Waals surface area contributed by atoms with E-state index in [2.05, 4.69) is 0 Å². The van der Waals surface area contributed by atoms with Gasteiger partial charge in [0.15, 0.2) is 17.1 Å². The third-order valence-electron chi connectivity index (χ3n) is 4.77. The largest absolute Gasteiger partial charge is 0.493 e. The summed E-state index contributed by atoms with van der Waals surface area (Å²) < 4.78 is 11.2. The van der Waals surface area contributed by atoms with Gasteiger partial charge in [0, 0.05) is 30.0 Å². The third-order valence-corrected chi connectivity index (χ3v) is 4.77. The molecule has 1 fully saturated rings. The van der Waals surface area contributed by atoms with Crippen LogP contribution in [0.3, 0.4) is 0 Å². The second-order valence-electron chi connectivity index (χ2n) is 6.29. The molecule has 23 heavy (non-hydrogen) atoms. The summed E-state index contributed by atoms with van der Waals surface area (Å²) in [5.74, 6) is 1.03. The van der Waals surface area contributed by atoms with Crippen molar-refractivity contribution in [3.8, 4) is 5.75 Å². The number of hydrogen-bond donors (Lipinski definition) is 1. The number of hydrogen-bond acceptors (Lipinski definition) is 4. The minimum Gasteiger partial charge on any atom is -0.493 e. The van der Waals surface area contributed by atoms with E-state index < -0.39 is 6.10 Å². The topological polar surface area (TPSA) is 62.9 Å². The Balaban J connectivity index is 1.93. The fraction of sp³-hybridized carbons (Fsp3) is 0.500. The summed E-state index contributed by atoms with van der Waals surface area (Å²) in [5.41, 5.74) is 1.45. The number of aryl methyl sites for hydroxylation is 1. The van der Waals surface area contributed by atoms with Crippen LogP contribution in [0, 0.1) is 12.8 Å². The van der Waals surface area contributed by atoms with Crippen molar-refractivity contribution >= 4 is 16.9 Å². The summed E-state index contributed by atoms with van der Waals surface area (Å²) in [5, 5.41) is 10.7. The summed E-state index contributed by atoms with van der Waals surface area (Å²) >= 11 is 0. The van der Waals surface area contributed by atoms with Gasteiger partial charge < -0.3 is 19.2 Å². The van der Waals surface area contributed by atoms with Gasteiger partial charge in [-0.1, -0.05) is 12.1 Å². The van der Waals surface area contributed by atoms with E-state index in [0.29, 0.717) is 30.2 Å². The number of carbonyl (C=O) groups excluding carboxylic acids is 1. The molecule has 1 aliphatic rings. The second kappa shape index (κ2) is 6.24. The van der Waals surface area contributed by atoms with Crippen molar-refractivity contribution in [2.75, 3.05) is 20.2 Å². The first-order valence-electron chi connectivity index (χ1n) is 8.06. The molecule has 0 spiro atoms. The number of carbonyl (C=O) groups is 1. The summed E-state index contributed by atoms with van der Waals surface area (Å²) in [6, 6.07) is 5.65. The van der Waals surface area contributed by atoms with E-state index in [9.17, 15) is 9.90 Å². The normalized spacial score (nSPS) is 19.8. The Kier molecular flexibility index (Phi) is 4.31. The Bertz CT molecular complexity index is 719. The molecule has 1 amide bonds. The summed E-state index contributed by atoms with van der Waals surface area (Å²) in [6.45, 7) is 4.96. The number of furan rings is 1. The van der Waals surface area contributed by atoms with Crippen molar-refractivity contribution in [3.63, 3.8) is 0 Å². The number of methoxy groups -OCH3 is 1.